The number of amides is 1. The Labute approximate surface area is 248 Å². The number of ether oxygens (including phenoxy) is 2. The van der Waals surface area contributed by atoms with Gasteiger partial charge in [0, 0.05) is 35.7 Å². The van der Waals surface area contributed by atoms with Crippen LogP contribution in [0, 0.1) is 0 Å². The predicted octanol–water partition coefficient (Wildman–Crippen LogP) is 4.96. The average Bonchev–Trinajstić information content (AvgIpc) is 3.52. The van der Waals surface area contributed by atoms with Crippen LogP contribution >= 0.6 is 22.9 Å². The zero-order valence-corrected chi connectivity index (χ0v) is 24.9. The number of nitrogens with zero attached hydrogens (tertiary/aromatic N) is 2. The lowest BCUT2D eigenvalue weighted by molar-refractivity contribution is -0.139. The summed E-state index contributed by atoms with van der Waals surface area (Å²) in [7, 11) is 1.93. The molecular weight excluding hydrogens is 562 g/mol. The van der Waals surface area contributed by atoms with E-state index in [9.17, 15) is 14.7 Å². The van der Waals surface area contributed by atoms with Crippen LogP contribution in [0.1, 0.15) is 46.3 Å². The first-order chi connectivity index (χ1) is 19.6. The van der Waals surface area contributed by atoms with Crippen LogP contribution in [0.15, 0.2) is 71.7 Å². The number of benzene rings is 2. The summed E-state index contributed by atoms with van der Waals surface area (Å²) in [6, 6.07) is 18.6. The Morgan fingerprint density at radius 2 is 1.95 bits per heavy atom. The van der Waals surface area contributed by atoms with Crippen molar-refractivity contribution in [1.82, 2.24) is 14.8 Å². The van der Waals surface area contributed by atoms with Crippen molar-refractivity contribution in [2.75, 3.05) is 20.2 Å². The molecule has 1 amide bonds. The second-order valence-electron chi connectivity index (χ2n) is 10.8. The molecule has 8 nitrogen and oxygen atoms in total. The Morgan fingerprint density at radius 1 is 1.22 bits per heavy atom. The van der Waals surface area contributed by atoms with Gasteiger partial charge in [0.15, 0.2) is 5.79 Å². The number of pyridine rings is 1. The van der Waals surface area contributed by atoms with E-state index in [4.69, 9.17) is 21.1 Å². The van der Waals surface area contributed by atoms with E-state index in [0.717, 1.165) is 20.8 Å². The largest absolute Gasteiger partial charge is 0.387 e. The molecule has 1 aliphatic rings. The molecule has 216 valence electrons. The summed E-state index contributed by atoms with van der Waals surface area (Å²) in [6.45, 7) is 5.82. The first kappa shape index (κ1) is 29.4. The number of carbonyl (C=O) groups is 1. The normalized spacial score (nSPS) is 17.3. The smallest absolute Gasteiger partial charge is 0.257 e. The maximum absolute atomic E-state index is 13.6. The van der Waals surface area contributed by atoms with Crippen LogP contribution in [-0.2, 0) is 29.1 Å². The van der Waals surface area contributed by atoms with Crippen LogP contribution in [0.3, 0.4) is 0 Å². The first-order valence-corrected chi connectivity index (χ1v) is 14.7. The van der Waals surface area contributed by atoms with E-state index < -0.39 is 17.8 Å². The molecule has 41 heavy (non-hydrogen) atoms. The molecule has 0 bridgehead atoms. The van der Waals surface area contributed by atoms with Gasteiger partial charge in [-0.05, 0) is 50.2 Å². The molecular formula is C31H34ClN3O5S. The lowest BCUT2D eigenvalue weighted by atomic mass is 10.1. The second-order valence-corrected chi connectivity index (χ2v) is 12.4. The third kappa shape index (κ3) is 7.24. The minimum absolute atomic E-state index is 0.0712. The highest BCUT2D eigenvalue weighted by Gasteiger charge is 2.33. The van der Waals surface area contributed by atoms with Crippen molar-refractivity contribution in [2.24, 2.45) is 0 Å². The van der Waals surface area contributed by atoms with Crippen LogP contribution in [0.4, 0.5) is 0 Å². The van der Waals surface area contributed by atoms with Crippen molar-refractivity contribution >= 4 is 39.1 Å². The zero-order chi connectivity index (χ0) is 29.1. The van der Waals surface area contributed by atoms with E-state index in [0.29, 0.717) is 36.7 Å². The fraction of sp³-hybridized carbons (Fsp3) is 0.355. The molecule has 2 aromatic carbocycles. The Hall–Kier alpha value is -3.05. The van der Waals surface area contributed by atoms with Gasteiger partial charge in [-0.15, -0.1) is 11.3 Å². The van der Waals surface area contributed by atoms with Gasteiger partial charge in [-0.2, -0.15) is 0 Å². The second kappa shape index (κ2) is 12.4. The molecule has 1 fully saturated rings. The van der Waals surface area contributed by atoms with Gasteiger partial charge in [0.25, 0.3) is 5.91 Å². The molecule has 1 saturated heterocycles. The summed E-state index contributed by atoms with van der Waals surface area (Å²) >= 11 is 7.48. The molecule has 0 aliphatic carbocycles. The number of nitrogens with one attached hydrogen (secondary N) is 1. The van der Waals surface area contributed by atoms with Crippen molar-refractivity contribution in [3.8, 4) is 0 Å². The van der Waals surface area contributed by atoms with Crippen LogP contribution in [0.25, 0.3) is 10.2 Å². The Balaban J connectivity index is 1.40. The van der Waals surface area contributed by atoms with Gasteiger partial charge in [0.05, 0.1) is 24.6 Å². The maximum atomic E-state index is 13.6. The van der Waals surface area contributed by atoms with Gasteiger partial charge in [0.2, 0.25) is 5.43 Å². The number of fused-ring (bicyclic) bond motifs is 1. The lowest BCUT2D eigenvalue weighted by Crippen LogP contribution is -2.30. The number of hydrogen-bond donors (Lipinski definition) is 2. The van der Waals surface area contributed by atoms with Gasteiger partial charge in [-0.25, -0.2) is 0 Å². The molecule has 1 unspecified atom stereocenters. The van der Waals surface area contributed by atoms with E-state index in [2.05, 4.69) is 5.32 Å². The average molecular weight is 596 g/mol. The van der Waals surface area contributed by atoms with E-state index in [-0.39, 0.29) is 23.6 Å². The van der Waals surface area contributed by atoms with Crippen molar-refractivity contribution < 1.29 is 19.4 Å². The highest BCUT2D eigenvalue weighted by Crippen LogP contribution is 2.29. The van der Waals surface area contributed by atoms with E-state index in [1.165, 1.54) is 11.3 Å². The maximum Gasteiger partial charge on any atom is 0.257 e. The monoisotopic (exact) mass is 595 g/mol. The molecule has 0 saturated carbocycles. The van der Waals surface area contributed by atoms with E-state index in [1.807, 2.05) is 78.9 Å². The zero-order valence-electron chi connectivity index (χ0n) is 23.3. The molecule has 2 N–H and O–H groups in total. The lowest BCUT2D eigenvalue weighted by Gasteiger charge is -2.20. The summed E-state index contributed by atoms with van der Waals surface area (Å²) in [5.41, 5.74) is 1.48. The van der Waals surface area contributed by atoms with Crippen LogP contribution in [0.2, 0.25) is 5.02 Å². The quantitative estimate of drug-likeness (QED) is 0.269. The summed E-state index contributed by atoms with van der Waals surface area (Å²) in [5.74, 6) is -1.13. The van der Waals surface area contributed by atoms with Gasteiger partial charge in [-0.1, -0.05) is 54.1 Å². The summed E-state index contributed by atoms with van der Waals surface area (Å²) in [6.07, 6.45) is 0.768. The minimum Gasteiger partial charge on any atom is -0.387 e. The molecule has 0 radical (unpaired) electrons. The topological polar surface area (TPSA) is 93.0 Å². The Bertz CT molecular complexity index is 1570. The third-order valence-electron chi connectivity index (χ3n) is 6.97. The SMILES string of the molecule is CN(Cc1cc2c(=O)c(C(=O)NCc3ccc(Cl)cc3)cn(CC3COC(C)(C)O3)c2s1)C[C@H](O)c1ccccc1. The minimum atomic E-state index is -0.690. The standard InChI is InChI=1S/C31H34ClN3O5S/c1-31(2)39-19-23(40-31)15-35-17-26(29(38)33-14-20-9-11-22(32)12-10-20)28(37)25-13-24(41-30(25)35)16-34(3)18-27(36)21-7-5-4-6-8-21/h4-13,17,23,27,36H,14-16,18-19H2,1-3H3,(H,33,38)/t23?,27-/m0/s1. The number of halogens is 1. The van der Waals surface area contributed by atoms with Crippen LogP contribution in [0.5, 0.6) is 0 Å². The van der Waals surface area contributed by atoms with Gasteiger partial charge >= 0.3 is 0 Å². The summed E-state index contributed by atoms with van der Waals surface area (Å²) < 4.78 is 13.7. The van der Waals surface area contributed by atoms with Gasteiger partial charge in [-0.3, -0.25) is 14.5 Å². The Kier molecular flexibility index (Phi) is 8.94. The van der Waals surface area contributed by atoms with Crippen molar-refractivity contribution in [1.29, 1.82) is 0 Å². The predicted molar refractivity (Wildman–Crippen MR) is 161 cm³/mol. The number of rotatable bonds is 10. The number of likely N-dealkylation sites (N-methyl/N-ethyl adjacent to an activating group) is 1. The molecule has 3 heterocycles. The van der Waals surface area contributed by atoms with Crippen molar-refractivity contribution in [3.05, 3.63) is 104 Å². The number of hydrogen-bond acceptors (Lipinski definition) is 7. The third-order valence-corrected chi connectivity index (χ3v) is 8.38. The van der Waals surface area contributed by atoms with Crippen LogP contribution < -0.4 is 10.7 Å². The molecule has 10 heteroatoms. The summed E-state index contributed by atoms with van der Waals surface area (Å²) in [5, 5.41) is 14.6. The molecule has 2 atom stereocenters. The highest BCUT2D eigenvalue weighted by atomic mass is 35.5. The number of carbonyl (C=O) groups excluding carboxylic acids is 1. The molecule has 4 aromatic rings. The number of aliphatic hydroxyl groups excluding tert-OH is 1. The highest BCUT2D eigenvalue weighted by molar-refractivity contribution is 7.18. The fourth-order valence-electron chi connectivity index (χ4n) is 4.96. The summed E-state index contributed by atoms with van der Waals surface area (Å²) in [4.78, 5) is 30.6. The number of aromatic nitrogens is 1. The molecule has 2 aromatic heterocycles. The molecule has 0 spiro atoms. The van der Waals surface area contributed by atoms with Gasteiger partial charge < -0.3 is 24.5 Å². The number of aliphatic hydroxyl groups is 1. The molecule has 1 aliphatic heterocycles. The van der Waals surface area contributed by atoms with Crippen molar-refractivity contribution in [3.63, 3.8) is 0 Å². The van der Waals surface area contributed by atoms with E-state index >= 15 is 0 Å². The van der Waals surface area contributed by atoms with Gasteiger partial charge in [0.1, 0.15) is 16.5 Å². The van der Waals surface area contributed by atoms with Crippen LogP contribution in [-0.4, -0.2) is 52.6 Å². The first-order valence-electron chi connectivity index (χ1n) is 13.5. The number of thiophene rings is 1. The fourth-order valence-corrected chi connectivity index (χ4v) is 6.30. The Morgan fingerprint density at radius 3 is 2.63 bits per heavy atom. The van der Waals surface area contributed by atoms with E-state index in [1.54, 1.807) is 18.3 Å². The van der Waals surface area contributed by atoms with Crippen molar-refractivity contribution in [2.45, 2.75) is 51.5 Å². The molecule has 5 rings (SSSR count).